The van der Waals surface area contributed by atoms with Crippen molar-refractivity contribution in [3.05, 3.63) is 0 Å². The standard InChI is InChI=1S/C13H26N2O/c1-2-13(11-5-6-11)14-9-12(16)10-15-7-3-4-8-15/h11-14,16H,2-10H2,1H3. The second-order valence-electron chi connectivity index (χ2n) is 5.42. The molecule has 3 nitrogen and oxygen atoms in total. The Balaban J connectivity index is 1.60. The molecule has 2 aliphatic rings. The normalized spacial score (nSPS) is 25.9. The van der Waals surface area contributed by atoms with Crippen molar-refractivity contribution in [1.29, 1.82) is 0 Å². The molecule has 3 heteroatoms. The summed E-state index contributed by atoms with van der Waals surface area (Å²) in [5.41, 5.74) is 0. The number of nitrogens with one attached hydrogen (secondary N) is 1. The first-order valence-electron chi connectivity index (χ1n) is 6.93. The van der Waals surface area contributed by atoms with Crippen molar-refractivity contribution in [2.75, 3.05) is 26.2 Å². The van der Waals surface area contributed by atoms with Crippen LogP contribution < -0.4 is 5.32 Å². The fourth-order valence-corrected chi connectivity index (χ4v) is 2.76. The number of hydrogen-bond acceptors (Lipinski definition) is 3. The molecule has 94 valence electrons. The highest BCUT2D eigenvalue weighted by Crippen LogP contribution is 2.33. The molecule has 1 saturated carbocycles. The Hall–Kier alpha value is -0.120. The van der Waals surface area contributed by atoms with Gasteiger partial charge in [-0.2, -0.15) is 0 Å². The van der Waals surface area contributed by atoms with E-state index in [4.69, 9.17) is 0 Å². The van der Waals surface area contributed by atoms with E-state index in [2.05, 4.69) is 17.1 Å². The monoisotopic (exact) mass is 226 g/mol. The topological polar surface area (TPSA) is 35.5 Å². The lowest BCUT2D eigenvalue weighted by Gasteiger charge is -2.22. The van der Waals surface area contributed by atoms with Gasteiger partial charge in [0.05, 0.1) is 6.10 Å². The Labute approximate surface area is 99.2 Å². The van der Waals surface area contributed by atoms with E-state index in [0.29, 0.717) is 6.04 Å². The Morgan fingerprint density at radius 1 is 1.31 bits per heavy atom. The van der Waals surface area contributed by atoms with Crippen molar-refractivity contribution in [2.45, 2.75) is 51.2 Å². The van der Waals surface area contributed by atoms with Gasteiger partial charge in [0.1, 0.15) is 0 Å². The predicted molar refractivity (Wildman–Crippen MR) is 66.5 cm³/mol. The van der Waals surface area contributed by atoms with Crippen LogP contribution in [0.3, 0.4) is 0 Å². The lowest BCUT2D eigenvalue weighted by Crippen LogP contribution is -2.41. The van der Waals surface area contributed by atoms with Crippen molar-refractivity contribution in [3.8, 4) is 0 Å². The highest BCUT2D eigenvalue weighted by molar-refractivity contribution is 4.86. The third-order valence-electron chi connectivity index (χ3n) is 3.91. The Kier molecular flexibility index (Phi) is 4.62. The molecule has 2 fully saturated rings. The molecule has 0 aromatic rings. The Bertz CT molecular complexity index is 200. The second-order valence-corrected chi connectivity index (χ2v) is 5.42. The smallest absolute Gasteiger partial charge is 0.0791 e. The largest absolute Gasteiger partial charge is 0.390 e. The SMILES string of the molecule is CCC(NCC(O)CN1CCCC1)C1CC1. The molecule has 0 amide bonds. The van der Waals surface area contributed by atoms with Gasteiger partial charge in [-0.05, 0) is 51.1 Å². The summed E-state index contributed by atoms with van der Waals surface area (Å²) >= 11 is 0. The number of nitrogens with zero attached hydrogens (tertiary/aromatic N) is 1. The summed E-state index contributed by atoms with van der Waals surface area (Å²) in [5, 5.41) is 13.5. The van der Waals surface area contributed by atoms with E-state index in [1.54, 1.807) is 0 Å². The van der Waals surface area contributed by atoms with Crippen LogP contribution >= 0.6 is 0 Å². The molecule has 1 saturated heterocycles. The first kappa shape index (κ1) is 12.3. The zero-order valence-electron chi connectivity index (χ0n) is 10.5. The maximum Gasteiger partial charge on any atom is 0.0791 e. The van der Waals surface area contributed by atoms with E-state index >= 15 is 0 Å². The third-order valence-corrected chi connectivity index (χ3v) is 3.91. The molecule has 0 aromatic heterocycles. The van der Waals surface area contributed by atoms with Gasteiger partial charge in [-0.1, -0.05) is 6.92 Å². The highest BCUT2D eigenvalue weighted by Gasteiger charge is 2.29. The molecule has 1 heterocycles. The first-order valence-corrected chi connectivity index (χ1v) is 6.93. The van der Waals surface area contributed by atoms with Crippen LogP contribution in [0, 0.1) is 5.92 Å². The van der Waals surface area contributed by atoms with E-state index in [-0.39, 0.29) is 6.10 Å². The van der Waals surface area contributed by atoms with Crippen LogP contribution in [0.1, 0.15) is 39.0 Å². The number of aliphatic hydroxyl groups is 1. The van der Waals surface area contributed by atoms with E-state index in [0.717, 1.165) is 19.0 Å². The quantitative estimate of drug-likeness (QED) is 0.685. The average molecular weight is 226 g/mol. The summed E-state index contributed by atoms with van der Waals surface area (Å²) in [5.74, 6) is 0.893. The average Bonchev–Trinajstić information content (AvgIpc) is 2.98. The summed E-state index contributed by atoms with van der Waals surface area (Å²) in [6.07, 6.45) is 6.38. The zero-order valence-corrected chi connectivity index (χ0v) is 10.5. The molecule has 1 aliphatic carbocycles. The summed E-state index contributed by atoms with van der Waals surface area (Å²) in [4.78, 5) is 2.38. The minimum absolute atomic E-state index is 0.189. The number of aliphatic hydroxyl groups excluding tert-OH is 1. The molecule has 0 bridgehead atoms. The summed E-state index contributed by atoms with van der Waals surface area (Å²) in [6.45, 7) is 6.22. The predicted octanol–water partition coefficient (Wildman–Crippen LogP) is 1.22. The van der Waals surface area contributed by atoms with E-state index in [9.17, 15) is 5.11 Å². The fraction of sp³-hybridized carbons (Fsp3) is 1.00. The molecule has 0 spiro atoms. The van der Waals surface area contributed by atoms with Gasteiger partial charge in [-0.3, -0.25) is 0 Å². The lowest BCUT2D eigenvalue weighted by molar-refractivity contribution is 0.119. The van der Waals surface area contributed by atoms with Gasteiger partial charge in [0.15, 0.2) is 0 Å². The van der Waals surface area contributed by atoms with Gasteiger partial charge in [-0.25, -0.2) is 0 Å². The third kappa shape index (κ3) is 3.72. The summed E-state index contributed by atoms with van der Waals surface area (Å²) in [6, 6.07) is 0.647. The first-order chi connectivity index (χ1) is 7.79. The molecular weight excluding hydrogens is 200 g/mol. The molecule has 0 aromatic carbocycles. The number of hydrogen-bond donors (Lipinski definition) is 2. The summed E-state index contributed by atoms with van der Waals surface area (Å²) in [7, 11) is 0. The van der Waals surface area contributed by atoms with E-state index in [1.807, 2.05) is 0 Å². The maximum absolute atomic E-state index is 9.95. The van der Waals surface area contributed by atoms with Crippen molar-refractivity contribution >= 4 is 0 Å². The van der Waals surface area contributed by atoms with Crippen LogP contribution in [0.2, 0.25) is 0 Å². The van der Waals surface area contributed by atoms with Gasteiger partial charge < -0.3 is 15.3 Å². The van der Waals surface area contributed by atoms with Gasteiger partial charge in [-0.15, -0.1) is 0 Å². The molecule has 2 N–H and O–H groups in total. The van der Waals surface area contributed by atoms with Crippen LogP contribution in [0.4, 0.5) is 0 Å². The summed E-state index contributed by atoms with van der Waals surface area (Å²) < 4.78 is 0. The number of likely N-dealkylation sites (tertiary alicyclic amines) is 1. The van der Waals surface area contributed by atoms with Crippen LogP contribution in [-0.2, 0) is 0 Å². The van der Waals surface area contributed by atoms with Crippen molar-refractivity contribution in [2.24, 2.45) is 5.92 Å². The molecular formula is C13H26N2O. The minimum Gasteiger partial charge on any atom is -0.390 e. The van der Waals surface area contributed by atoms with E-state index < -0.39 is 0 Å². The van der Waals surface area contributed by atoms with Crippen LogP contribution in [0.5, 0.6) is 0 Å². The fourth-order valence-electron chi connectivity index (χ4n) is 2.76. The molecule has 2 unspecified atom stereocenters. The van der Waals surface area contributed by atoms with E-state index in [1.165, 1.54) is 45.2 Å². The molecule has 16 heavy (non-hydrogen) atoms. The van der Waals surface area contributed by atoms with Gasteiger partial charge in [0, 0.05) is 19.1 Å². The molecule has 0 radical (unpaired) electrons. The highest BCUT2D eigenvalue weighted by atomic mass is 16.3. The van der Waals surface area contributed by atoms with Crippen molar-refractivity contribution in [3.63, 3.8) is 0 Å². The Morgan fingerprint density at radius 3 is 2.56 bits per heavy atom. The van der Waals surface area contributed by atoms with Crippen LogP contribution in [0.15, 0.2) is 0 Å². The van der Waals surface area contributed by atoms with Crippen LogP contribution in [-0.4, -0.2) is 48.3 Å². The molecule has 1 aliphatic heterocycles. The Morgan fingerprint density at radius 2 is 2.00 bits per heavy atom. The lowest BCUT2D eigenvalue weighted by atomic mass is 10.1. The van der Waals surface area contributed by atoms with Crippen LogP contribution in [0.25, 0.3) is 0 Å². The molecule has 2 atom stereocenters. The molecule has 2 rings (SSSR count). The number of β-amino-alcohol motifs (C(OH)–C–C–N with tert-alkyl or cyclic N) is 1. The van der Waals surface area contributed by atoms with Gasteiger partial charge in [0.2, 0.25) is 0 Å². The van der Waals surface area contributed by atoms with Gasteiger partial charge in [0.25, 0.3) is 0 Å². The van der Waals surface area contributed by atoms with Gasteiger partial charge >= 0.3 is 0 Å². The van der Waals surface area contributed by atoms with Crippen molar-refractivity contribution < 1.29 is 5.11 Å². The second kappa shape index (κ2) is 5.99. The zero-order chi connectivity index (χ0) is 11.4. The maximum atomic E-state index is 9.95. The number of rotatable bonds is 7. The minimum atomic E-state index is -0.189. The van der Waals surface area contributed by atoms with Crippen molar-refractivity contribution in [1.82, 2.24) is 10.2 Å².